The lowest BCUT2D eigenvalue weighted by Gasteiger charge is -2.12. The molecular formula is C14H17NO3. The van der Waals surface area contributed by atoms with E-state index in [0.29, 0.717) is 6.42 Å². The summed E-state index contributed by atoms with van der Waals surface area (Å²) in [6, 6.07) is 1.91. The summed E-state index contributed by atoms with van der Waals surface area (Å²) in [6.07, 6.45) is 4.27. The quantitative estimate of drug-likeness (QED) is 0.775. The zero-order valence-corrected chi connectivity index (χ0v) is 10.9. The molecule has 1 atom stereocenters. The summed E-state index contributed by atoms with van der Waals surface area (Å²) in [5.41, 5.74) is 2.56. The number of nitrogens with zero attached hydrogens (tertiary/aromatic N) is 1. The van der Waals surface area contributed by atoms with Crippen molar-refractivity contribution in [2.75, 3.05) is 0 Å². The monoisotopic (exact) mass is 247 g/mol. The molecule has 0 bridgehead atoms. The van der Waals surface area contributed by atoms with Crippen molar-refractivity contribution in [1.29, 1.82) is 0 Å². The van der Waals surface area contributed by atoms with E-state index < -0.39 is 0 Å². The van der Waals surface area contributed by atoms with Crippen LogP contribution in [0.3, 0.4) is 0 Å². The Morgan fingerprint density at radius 2 is 2.33 bits per heavy atom. The minimum Gasteiger partial charge on any atom is -0.462 e. The van der Waals surface area contributed by atoms with Crippen molar-refractivity contribution in [3.63, 3.8) is 0 Å². The van der Waals surface area contributed by atoms with Gasteiger partial charge in [0.2, 0.25) is 0 Å². The third-order valence-corrected chi connectivity index (χ3v) is 2.85. The van der Waals surface area contributed by atoms with Gasteiger partial charge in [0.1, 0.15) is 6.10 Å². The lowest BCUT2D eigenvalue weighted by Crippen LogP contribution is -2.09. The molecule has 0 fully saturated rings. The summed E-state index contributed by atoms with van der Waals surface area (Å²) >= 11 is 0. The molecule has 4 heteroatoms. The molecule has 0 spiro atoms. The Kier molecular flexibility index (Phi) is 3.65. The summed E-state index contributed by atoms with van der Waals surface area (Å²) in [7, 11) is 0. The van der Waals surface area contributed by atoms with Gasteiger partial charge in [0.15, 0.2) is 5.58 Å². The lowest BCUT2D eigenvalue weighted by atomic mass is 10.1. The number of hydrogen-bond donors (Lipinski definition) is 0. The van der Waals surface area contributed by atoms with E-state index in [1.54, 1.807) is 12.5 Å². The largest absolute Gasteiger partial charge is 0.462 e. The summed E-state index contributed by atoms with van der Waals surface area (Å²) in [5, 5.41) is 1.01. The van der Waals surface area contributed by atoms with Crippen molar-refractivity contribution < 1.29 is 13.9 Å². The predicted molar refractivity (Wildman–Crippen MR) is 68.2 cm³/mol. The van der Waals surface area contributed by atoms with Gasteiger partial charge in [-0.25, -0.2) is 0 Å². The maximum absolute atomic E-state index is 11.4. The van der Waals surface area contributed by atoms with E-state index in [4.69, 9.17) is 9.15 Å². The van der Waals surface area contributed by atoms with Crippen LogP contribution in [0.1, 0.15) is 44.1 Å². The highest BCUT2D eigenvalue weighted by atomic mass is 16.5. The molecule has 0 aliphatic carbocycles. The van der Waals surface area contributed by atoms with Crippen LogP contribution in [-0.2, 0) is 9.53 Å². The van der Waals surface area contributed by atoms with Crippen molar-refractivity contribution in [3.8, 4) is 0 Å². The first-order valence-corrected chi connectivity index (χ1v) is 6.15. The van der Waals surface area contributed by atoms with E-state index in [1.807, 2.05) is 26.8 Å². The van der Waals surface area contributed by atoms with Crippen LogP contribution >= 0.6 is 0 Å². The SMILES string of the molecule is CCCC(=O)O[C@H](C)c1cc2c(C)coc2cn1. The van der Waals surface area contributed by atoms with Crippen LogP contribution < -0.4 is 0 Å². The molecule has 2 heterocycles. The topological polar surface area (TPSA) is 52.3 Å². The van der Waals surface area contributed by atoms with Gasteiger partial charge in [-0.3, -0.25) is 9.78 Å². The molecule has 0 radical (unpaired) electrons. The Bertz CT molecular complexity index is 559. The smallest absolute Gasteiger partial charge is 0.306 e. The van der Waals surface area contributed by atoms with Gasteiger partial charge in [0.25, 0.3) is 0 Å². The molecule has 0 amide bonds. The van der Waals surface area contributed by atoms with Crippen molar-refractivity contribution >= 4 is 16.9 Å². The third kappa shape index (κ3) is 2.53. The van der Waals surface area contributed by atoms with Crippen molar-refractivity contribution in [2.24, 2.45) is 0 Å². The van der Waals surface area contributed by atoms with Crippen molar-refractivity contribution in [3.05, 3.63) is 29.8 Å². The Morgan fingerprint density at radius 1 is 1.56 bits per heavy atom. The highest BCUT2D eigenvalue weighted by Crippen LogP contribution is 2.24. The second-order valence-corrected chi connectivity index (χ2v) is 4.41. The molecule has 0 N–H and O–H groups in total. The normalized spacial score (nSPS) is 12.6. The average molecular weight is 247 g/mol. The minimum atomic E-state index is -0.331. The Hall–Kier alpha value is -1.84. The molecule has 0 aliphatic heterocycles. The number of esters is 1. The number of aryl methyl sites for hydroxylation is 1. The second kappa shape index (κ2) is 5.21. The molecule has 2 aromatic rings. The maximum Gasteiger partial charge on any atom is 0.306 e. The molecule has 2 aromatic heterocycles. The van der Waals surface area contributed by atoms with Crippen LogP contribution in [-0.4, -0.2) is 11.0 Å². The first-order valence-electron chi connectivity index (χ1n) is 6.15. The van der Waals surface area contributed by atoms with Gasteiger partial charge >= 0.3 is 5.97 Å². The minimum absolute atomic E-state index is 0.184. The third-order valence-electron chi connectivity index (χ3n) is 2.85. The summed E-state index contributed by atoms with van der Waals surface area (Å²) in [5.74, 6) is -0.184. The molecule has 96 valence electrons. The highest BCUT2D eigenvalue weighted by molar-refractivity contribution is 5.80. The zero-order chi connectivity index (χ0) is 13.1. The van der Waals surface area contributed by atoms with E-state index in [0.717, 1.165) is 28.6 Å². The van der Waals surface area contributed by atoms with E-state index in [-0.39, 0.29) is 12.1 Å². The average Bonchev–Trinajstić information content (AvgIpc) is 2.71. The van der Waals surface area contributed by atoms with Crippen molar-refractivity contribution in [1.82, 2.24) is 4.98 Å². The Balaban J connectivity index is 2.19. The van der Waals surface area contributed by atoms with E-state index in [9.17, 15) is 4.79 Å². The van der Waals surface area contributed by atoms with Gasteiger partial charge in [-0.2, -0.15) is 0 Å². The van der Waals surface area contributed by atoms with Gasteiger partial charge in [-0.1, -0.05) is 6.92 Å². The predicted octanol–water partition coefficient (Wildman–Crippen LogP) is 3.54. The van der Waals surface area contributed by atoms with Gasteiger partial charge < -0.3 is 9.15 Å². The molecule has 0 unspecified atom stereocenters. The molecule has 0 aromatic carbocycles. The molecular weight excluding hydrogens is 230 g/mol. The number of ether oxygens (including phenoxy) is 1. The molecule has 18 heavy (non-hydrogen) atoms. The van der Waals surface area contributed by atoms with Crippen LogP contribution in [0.4, 0.5) is 0 Å². The molecule has 0 aliphatic rings. The molecule has 0 saturated heterocycles. The fourth-order valence-corrected chi connectivity index (χ4v) is 1.82. The number of pyridine rings is 1. The number of carbonyl (C=O) groups excluding carboxylic acids is 1. The van der Waals surface area contributed by atoms with Gasteiger partial charge in [0, 0.05) is 11.8 Å². The summed E-state index contributed by atoms with van der Waals surface area (Å²) in [4.78, 5) is 15.7. The highest BCUT2D eigenvalue weighted by Gasteiger charge is 2.14. The fourth-order valence-electron chi connectivity index (χ4n) is 1.82. The molecule has 4 nitrogen and oxygen atoms in total. The van der Waals surface area contributed by atoms with Gasteiger partial charge in [0.05, 0.1) is 18.2 Å². The lowest BCUT2D eigenvalue weighted by molar-refractivity contribution is -0.148. The van der Waals surface area contributed by atoms with Crippen molar-refractivity contribution in [2.45, 2.75) is 39.7 Å². The Labute approximate surface area is 106 Å². The van der Waals surface area contributed by atoms with E-state index in [2.05, 4.69) is 4.98 Å². The maximum atomic E-state index is 11.4. The summed E-state index contributed by atoms with van der Waals surface area (Å²) in [6.45, 7) is 5.76. The van der Waals surface area contributed by atoms with E-state index >= 15 is 0 Å². The first-order chi connectivity index (χ1) is 8.61. The van der Waals surface area contributed by atoms with Crippen LogP contribution in [0.2, 0.25) is 0 Å². The number of furan rings is 1. The van der Waals surface area contributed by atoms with E-state index in [1.165, 1.54) is 0 Å². The standard InChI is InChI=1S/C14H17NO3/c1-4-5-14(16)18-10(3)12-6-11-9(2)8-17-13(11)7-15-12/h6-8,10H,4-5H2,1-3H3/t10-/m1/s1. The number of carbonyl (C=O) groups is 1. The van der Waals surface area contributed by atoms with Crippen LogP contribution in [0, 0.1) is 6.92 Å². The fraction of sp³-hybridized carbons (Fsp3) is 0.429. The number of aromatic nitrogens is 1. The van der Waals surface area contributed by atoms with Crippen LogP contribution in [0.5, 0.6) is 0 Å². The van der Waals surface area contributed by atoms with Gasteiger partial charge in [-0.15, -0.1) is 0 Å². The van der Waals surface area contributed by atoms with Crippen LogP contribution in [0.25, 0.3) is 11.0 Å². The molecule has 2 rings (SSSR count). The molecule has 0 saturated carbocycles. The second-order valence-electron chi connectivity index (χ2n) is 4.41. The zero-order valence-electron chi connectivity index (χ0n) is 10.9. The van der Waals surface area contributed by atoms with Crippen LogP contribution in [0.15, 0.2) is 22.9 Å². The summed E-state index contributed by atoms with van der Waals surface area (Å²) < 4.78 is 10.6. The van der Waals surface area contributed by atoms with Gasteiger partial charge in [-0.05, 0) is 31.9 Å². The number of fused-ring (bicyclic) bond motifs is 1. The Morgan fingerprint density at radius 3 is 3.06 bits per heavy atom. The number of hydrogen-bond acceptors (Lipinski definition) is 4. The number of rotatable bonds is 4. The first kappa shape index (κ1) is 12.6.